The highest BCUT2D eigenvalue weighted by molar-refractivity contribution is 8.00. The van der Waals surface area contributed by atoms with Crippen LogP contribution in [0.25, 0.3) is 0 Å². The van der Waals surface area contributed by atoms with Gasteiger partial charge in [-0.05, 0) is 24.3 Å². The van der Waals surface area contributed by atoms with Gasteiger partial charge in [0.05, 0.1) is 17.6 Å². The zero-order chi connectivity index (χ0) is 15.2. The van der Waals surface area contributed by atoms with Gasteiger partial charge in [-0.2, -0.15) is 5.10 Å². The van der Waals surface area contributed by atoms with Crippen LogP contribution in [0.2, 0.25) is 5.02 Å². The molecule has 0 bridgehead atoms. The number of hydrogen-bond acceptors (Lipinski definition) is 4. The topological polar surface area (TPSA) is 84.2 Å². The summed E-state index contributed by atoms with van der Waals surface area (Å²) in [6.45, 7) is -0.241. The number of amides is 1. The van der Waals surface area contributed by atoms with Gasteiger partial charge in [0, 0.05) is 16.1 Å². The normalized spacial score (nSPS) is 10.3. The Balaban J connectivity index is 1.82. The maximum Gasteiger partial charge on any atom is 0.325 e. The zero-order valence-electron chi connectivity index (χ0n) is 10.8. The van der Waals surface area contributed by atoms with Crippen LogP contribution in [0.4, 0.5) is 5.69 Å². The van der Waals surface area contributed by atoms with Gasteiger partial charge in [-0.3, -0.25) is 14.3 Å². The SMILES string of the molecule is O=C(O)Cn1cc(NC(=O)CSc2ccc(Cl)cc2)cn1. The van der Waals surface area contributed by atoms with Crippen molar-refractivity contribution in [2.75, 3.05) is 11.1 Å². The number of carbonyl (C=O) groups excluding carboxylic acids is 1. The Morgan fingerprint density at radius 1 is 1.33 bits per heavy atom. The Labute approximate surface area is 130 Å². The number of anilines is 1. The molecule has 1 aromatic carbocycles. The Hall–Kier alpha value is -1.99. The van der Waals surface area contributed by atoms with Crippen molar-refractivity contribution in [2.45, 2.75) is 11.4 Å². The number of carboxylic acids is 1. The van der Waals surface area contributed by atoms with Crippen LogP contribution in [0, 0.1) is 0 Å². The van der Waals surface area contributed by atoms with Gasteiger partial charge in [0.2, 0.25) is 5.91 Å². The summed E-state index contributed by atoms with van der Waals surface area (Å²) in [6.07, 6.45) is 2.88. The molecular weight excluding hydrogens is 314 g/mol. The molecule has 0 unspecified atom stereocenters. The fraction of sp³-hybridized carbons (Fsp3) is 0.154. The molecule has 0 saturated carbocycles. The quantitative estimate of drug-likeness (QED) is 0.796. The van der Waals surface area contributed by atoms with E-state index in [1.165, 1.54) is 28.8 Å². The van der Waals surface area contributed by atoms with E-state index in [4.69, 9.17) is 16.7 Å². The monoisotopic (exact) mass is 325 g/mol. The number of halogens is 1. The zero-order valence-corrected chi connectivity index (χ0v) is 12.4. The first-order valence-corrected chi connectivity index (χ1v) is 7.32. The number of nitrogens with one attached hydrogen (secondary N) is 1. The van der Waals surface area contributed by atoms with E-state index in [1.807, 2.05) is 12.1 Å². The predicted octanol–water partition coefficient (Wildman–Crippen LogP) is 2.35. The number of thioether (sulfide) groups is 1. The second-order valence-electron chi connectivity index (χ2n) is 4.11. The molecule has 21 heavy (non-hydrogen) atoms. The lowest BCUT2D eigenvalue weighted by Crippen LogP contribution is -2.13. The lowest BCUT2D eigenvalue weighted by atomic mass is 10.4. The minimum absolute atomic E-state index is 0.190. The molecule has 8 heteroatoms. The number of hydrogen-bond donors (Lipinski definition) is 2. The molecule has 0 spiro atoms. The molecule has 0 saturated heterocycles. The Morgan fingerprint density at radius 2 is 2.05 bits per heavy atom. The van der Waals surface area contributed by atoms with Gasteiger partial charge < -0.3 is 10.4 Å². The van der Waals surface area contributed by atoms with Gasteiger partial charge in [-0.25, -0.2) is 0 Å². The highest BCUT2D eigenvalue weighted by Gasteiger charge is 2.07. The van der Waals surface area contributed by atoms with Crippen molar-refractivity contribution >= 4 is 40.9 Å². The van der Waals surface area contributed by atoms with Crippen LogP contribution >= 0.6 is 23.4 Å². The van der Waals surface area contributed by atoms with Crippen molar-refractivity contribution in [1.29, 1.82) is 0 Å². The first kappa shape index (κ1) is 15.4. The van der Waals surface area contributed by atoms with Gasteiger partial charge in [0.1, 0.15) is 6.54 Å². The third kappa shape index (κ3) is 5.13. The highest BCUT2D eigenvalue weighted by atomic mass is 35.5. The van der Waals surface area contributed by atoms with Crippen molar-refractivity contribution in [3.8, 4) is 0 Å². The maximum atomic E-state index is 11.8. The number of rotatable bonds is 6. The van der Waals surface area contributed by atoms with E-state index >= 15 is 0 Å². The maximum absolute atomic E-state index is 11.8. The van der Waals surface area contributed by atoms with Crippen LogP contribution in [-0.4, -0.2) is 32.5 Å². The summed E-state index contributed by atoms with van der Waals surface area (Å²) in [5.41, 5.74) is 0.470. The molecule has 110 valence electrons. The number of nitrogens with zero attached hydrogens (tertiary/aromatic N) is 2. The fourth-order valence-corrected chi connectivity index (χ4v) is 2.35. The molecule has 1 aromatic heterocycles. The summed E-state index contributed by atoms with van der Waals surface area (Å²) in [7, 11) is 0. The average Bonchev–Trinajstić information content (AvgIpc) is 2.84. The number of benzene rings is 1. The lowest BCUT2D eigenvalue weighted by molar-refractivity contribution is -0.137. The van der Waals surface area contributed by atoms with E-state index in [2.05, 4.69) is 10.4 Å². The molecule has 1 amide bonds. The van der Waals surface area contributed by atoms with E-state index in [0.717, 1.165) is 4.90 Å². The Kier molecular flexibility index (Phi) is 5.24. The highest BCUT2D eigenvalue weighted by Crippen LogP contribution is 2.20. The van der Waals surface area contributed by atoms with Gasteiger partial charge >= 0.3 is 5.97 Å². The summed E-state index contributed by atoms with van der Waals surface area (Å²) in [5, 5.41) is 15.8. The molecule has 2 N–H and O–H groups in total. The molecule has 0 fully saturated rings. The van der Waals surface area contributed by atoms with Crippen LogP contribution < -0.4 is 5.32 Å². The van der Waals surface area contributed by atoms with Crippen molar-refractivity contribution in [1.82, 2.24) is 9.78 Å². The molecule has 2 aromatic rings. The molecule has 2 rings (SSSR count). The summed E-state index contributed by atoms with van der Waals surface area (Å²) in [5.74, 6) is -0.940. The van der Waals surface area contributed by atoms with Gasteiger partial charge in [-0.15, -0.1) is 11.8 Å². The van der Waals surface area contributed by atoms with Crippen LogP contribution in [0.3, 0.4) is 0 Å². The van der Waals surface area contributed by atoms with E-state index in [-0.39, 0.29) is 18.2 Å². The Morgan fingerprint density at radius 3 is 2.71 bits per heavy atom. The largest absolute Gasteiger partial charge is 0.480 e. The first-order valence-electron chi connectivity index (χ1n) is 5.95. The van der Waals surface area contributed by atoms with Crippen LogP contribution in [0.5, 0.6) is 0 Å². The lowest BCUT2D eigenvalue weighted by Gasteiger charge is -2.03. The van der Waals surface area contributed by atoms with Gasteiger partial charge in [-0.1, -0.05) is 11.6 Å². The van der Waals surface area contributed by atoms with Crippen molar-refractivity contribution in [2.24, 2.45) is 0 Å². The van der Waals surface area contributed by atoms with E-state index in [1.54, 1.807) is 12.1 Å². The van der Waals surface area contributed by atoms with Crippen molar-refractivity contribution < 1.29 is 14.7 Å². The molecule has 0 aliphatic heterocycles. The summed E-state index contributed by atoms with van der Waals surface area (Å²) < 4.78 is 1.24. The molecule has 0 atom stereocenters. The summed E-state index contributed by atoms with van der Waals surface area (Å²) >= 11 is 7.16. The van der Waals surface area contributed by atoms with Crippen LogP contribution in [0.15, 0.2) is 41.6 Å². The average molecular weight is 326 g/mol. The molecule has 0 aliphatic carbocycles. The molecule has 0 radical (unpaired) electrons. The van der Waals surface area contributed by atoms with Gasteiger partial charge in [0.15, 0.2) is 0 Å². The molecule has 6 nitrogen and oxygen atoms in total. The summed E-state index contributed by atoms with van der Waals surface area (Å²) in [4.78, 5) is 23.2. The van der Waals surface area contributed by atoms with Crippen molar-refractivity contribution in [3.05, 3.63) is 41.7 Å². The Bertz CT molecular complexity index is 642. The van der Waals surface area contributed by atoms with E-state index in [9.17, 15) is 9.59 Å². The molecule has 1 heterocycles. The second kappa shape index (κ2) is 7.14. The molecule has 0 aliphatic rings. The number of aromatic nitrogens is 2. The van der Waals surface area contributed by atoms with Crippen molar-refractivity contribution in [3.63, 3.8) is 0 Å². The molecular formula is C13H12ClN3O3S. The third-order valence-electron chi connectivity index (χ3n) is 2.40. The standard InChI is InChI=1S/C13H12ClN3O3S/c14-9-1-3-11(4-2-9)21-8-12(18)16-10-5-15-17(6-10)7-13(19)20/h1-6H,7-8H2,(H,16,18)(H,19,20). The number of carbonyl (C=O) groups is 2. The second-order valence-corrected chi connectivity index (χ2v) is 5.60. The van der Waals surface area contributed by atoms with E-state index in [0.29, 0.717) is 10.7 Å². The fourth-order valence-electron chi connectivity index (χ4n) is 1.53. The van der Waals surface area contributed by atoms with Gasteiger partial charge in [0.25, 0.3) is 0 Å². The summed E-state index contributed by atoms with van der Waals surface area (Å²) in [6, 6.07) is 7.20. The number of carboxylic acid groups (broad SMARTS) is 1. The number of aliphatic carboxylic acids is 1. The van der Waals surface area contributed by atoms with E-state index < -0.39 is 5.97 Å². The predicted molar refractivity (Wildman–Crippen MR) is 80.7 cm³/mol. The third-order valence-corrected chi connectivity index (χ3v) is 3.66. The smallest absolute Gasteiger partial charge is 0.325 e. The minimum Gasteiger partial charge on any atom is -0.480 e. The first-order chi connectivity index (χ1) is 10.0. The van der Waals surface area contributed by atoms with Crippen LogP contribution in [0.1, 0.15) is 0 Å². The minimum atomic E-state index is -0.991. The van der Waals surface area contributed by atoms with Crippen LogP contribution in [-0.2, 0) is 16.1 Å².